The van der Waals surface area contributed by atoms with Crippen LogP contribution < -0.4 is 0 Å². The van der Waals surface area contributed by atoms with Crippen molar-refractivity contribution in [1.29, 1.82) is 0 Å². The molecule has 4 aliphatic carbocycles. The Hall–Kier alpha value is -0.610. The summed E-state index contributed by atoms with van der Waals surface area (Å²) in [4.78, 5) is 13.5. The highest BCUT2D eigenvalue weighted by atomic mass is 16.5. The van der Waals surface area contributed by atoms with Gasteiger partial charge < -0.3 is 9.84 Å². The number of hydrogen-bond acceptors (Lipinski definition) is 3. The summed E-state index contributed by atoms with van der Waals surface area (Å²) in [6.07, 6.45) is 7.99. The molecule has 4 saturated carbocycles. The SMILES string of the molecule is O=C(O)C1CN(CC23CC4CC(CC(C4)C2)C3)CCO1. The van der Waals surface area contributed by atoms with E-state index in [0.717, 1.165) is 30.8 Å². The molecule has 5 fully saturated rings. The summed E-state index contributed by atoms with van der Waals surface area (Å²) >= 11 is 0. The van der Waals surface area contributed by atoms with Crippen molar-refractivity contribution in [3.8, 4) is 0 Å². The highest BCUT2D eigenvalue weighted by Gasteiger charge is 2.51. The molecule has 4 nitrogen and oxygen atoms in total. The van der Waals surface area contributed by atoms with Crippen LogP contribution in [0.3, 0.4) is 0 Å². The van der Waals surface area contributed by atoms with E-state index in [0.29, 0.717) is 18.6 Å². The highest BCUT2D eigenvalue weighted by Crippen LogP contribution is 2.60. The maximum absolute atomic E-state index is 11.1. The molecule has 0 radical (unpaired) electrons. The monoisotopic (exact) mass is 279 g/mol. The van der Waals surface area contributed by atoms with Gasteiger partial charge in [0.15, 0.2) is 6.10 Å². The van der Waals surface area contributed by atoms with Crippen LogP contribution in [0.25, 0.3) is 0 Å². The Kier molecular flexibility index (Phi) is 3.08. The third kappa shape index (κ3) is 2.27. The fraction of sp³-hybridized carbons (Fsp3) is 0.938. The van der Waals surface area contributed by atoms with Crippen LogP contribution in [0.1, 0.15) is 38.5 Å². The van der Waals surface area contributed by atoms with E-state index in [1.807, 2.05) is 0 Å². The van der Waals surface area contributed by atoms with Crippen LogP contribution in [-0.2, 0) is 9.53 Å². The molecule has 1 heterocycles. The average Bonchev–Trinajstić information content (AvgIpc) is 2.36. The molecule has 1 aliphatic heterocycles. The van der Waals surface area contributed by atoms with E-state index in [-0.39, 0.29) is 0 Å². The van der Waals surface area contributed by atoms with E-state index >= 15 is 0 Å². The predicted octanol–water partition coefficient (Wildman–Crippen LogP) is 1.99. The molecule has 4 bridgehead atoms. The third-order valence-electron chi connectivity index (χ3n) is 6.15. The van der Waals surface area contributed by atoms with Crippen molar-refractivity contribution in [3.63, 3.8) is 0 Å². The number of hydrogen-bond donors (Lipinski definition) is 1. The van der Waals surface area contributed by atoms with E-state index in [1.165, 1.54) is 38.5 Å². The van der Waals surface area contributed by atoms with Gasteiger partial charge in [0.1, 0.15) is 0 Å². The Balaban J connectivity index is 1.44. The number of carboxylic acids is 1. The normalized spacial score (nSPS) is 47.6. The highest BCUT2D eigenvalue weighted by molar-refractivity contribution is 5.72. The fourth-order valence-electron chi connectivity index (χ4n) is 5.95. The summed E-state index contributed by atoms with van der Waals surface area (Å²) < 4.78 is 5.35. The smallest absolute Gasteiger partial charge is 0.334 e. The summed E-state index contributed by atoms with van der Waals surface area (Å²) in [7, 11) is 0. The summed E-state index contributed by atoms with van der Waals surface area (Å²) in [5, 5.41) is 9.13. The first-order valence-corrected chi connectivity index (χ1v) is 8.19. The average molecular weight is 279 g/mol. The van der Waals surface area contributed by atoms with E-state index in [1.54, 1.807) is 0 Å². The van der Waals surface area contributed by atoms with Crippen molar-refractivity contribution in [2.24, 2.45) is 23.2 Å². The van der Waals surface area contributed by atoms with Crippen LogP contribution in [0.5, 0.6) is 0 Å². The molecule has 1 N–H and O–H groups in total. The van der Waals surface area contributed by atoms with Crippen molar-refractivity contribution in [3.05, 3.63) is 0 Å². The number of morpholine rings is 1. The second-order valence-electron chi connectivity index (χ2n) is 7.85. The lowest BCUT2D eigenvalue weighted by Gasteiger charge is -2.58. The molecule has 5 rings (SSSR count). The van der Waals surface area contributed by atoms with Crippen LogP contribution in [0.2, 0.25) is 0 Å². The molecule has 4 heteroatoms. The molecule has 1 atom stereocenters. The van der Waals surface area contributed by atoms with Gasteiger partial charge in [-0.25, -0.2) is 4.79 Å². The minimum Gasteiger partial charge on any atom is -0.479 e. The maximum atomic E-state index is 11.1. The van der Waals surface area contributed by atoms with Gasteiger partial charge in [0.05, 0.1) is 6.61 Å². The molecule has 1 unspecified atom stereocenters. The first-order chi connectivity index (χ1) is 9.62. The predicted molar refractivity (Wildman–Crippen MR) is 74.4 cm³/mol. The molecule has 5 aliphatic rings. The quantitative estimate of drug-likeness (QED) is 0.858. The number of carboxylic acid groups (broad SMARTS) is 1. The van der Waals surface area contributed by atoms with Crippen LogP contribution in [0.15, 0.2) is 0 Å². The minimum absolute atomic E-state index is 0.509. The number of ether oxygens (including phenoxy) is 1. The van der Waals surface area contributed by atoms with Crippen LogP contribution in [0, 0.1) is 23.2 Å². The maximum Gasteiger partial charge on any atom is 0.334 e. The van der Waals surface area contributed by atoms with Gasteiger partial charge in [0.2, 0.25) is 0 Å². The van der Waals surface area contributed by atoms with E-state index in [9.17, 15) is 4.79 Å². The zero-order valence-electron chi connectivity index (χ0n) is 12.1. The van der Waals surface area contributed by atoms with Gasteiger partial charge >= 0.3 is 5.97 Å². The van der Waals surface area contributed by atoms with E-state index in [2.05, 4.69) is 4.90 Å². The van der Waals surface area contributed by atoms with E-state index < -0.39 is 12.1 Å². The van der Waals surface area contributed by atoms with Gasteiger partial charge in [-0.1, -0.05) is 0 Å². The molecule has 0 amide bonds. The van der Waals surface area contributed by atoms with Gasteiger partial charge in [-0.2, -0.15) is 0 Å². The molecule has 0 aromatic rings. The third-order valence-corrected chi connectivity index (χ3v) is 6.15. The Morgan fingerprint density at radius 2 is 1.75 bits per heavy atom. The van der Waals surface area contributed by atoms with Gasteiger partial charge in [0.25, 0.3) is 0 Å². The molecule has 112 valence electrons. The van der Waals surface area contributed by atoms with Gasteiger partial charge in [-0.15, -0.1) is 0 Å². The van der Waals surface area contributed by atoms with Crippen molar-refractivity contribution >= 4 is 5.97 Å². The molecule has 0 aromatic carbocycles. The minimum atomic E-state index is -0.805. The van der Waals surface area contributed by atoms with Crippen LogP contribution in [-0.4, -0.2) is 48.3 Å². The Morgan fingerprint density at radius 1 is 1.15 bits per heavy atom. The van der Waals surface area contributed by atoms with Crippen LogP contribution >= 0.6 is 0 Å². The first-order valence-electron chi connectivity index (χ1n) is 8.19. The van der Waals surface area contributed by atoms with Gasteiger partial charge in [0, 0.05) is 19.6 Å². The lowest BCUT2D eigenvalue weighted by atomic mass is 9.49. The lowest BCUT2D eigenvalue weighted by Crippen LogP contribution is -2.54. The summed E-state index contributed by atoms with van der Waals surface area (Å²) in [5.74, 6) is 2.10. The number of aliphatic carboxylic acids is 1. The number of carbonyl (C=O) groups is 1. The Labute approximate surface area is 120 Å². The summed E-state index contributed by atoms with van der Waals surface area (Å²) in [5.41, 5.74) is 0.509. The first kappa shape index (κ1) is 13.1. The topological polar surface area (TPSA) is 49.8 Å². The Morgan fingerprint density at radius 3 is 2.30 bits per heavy atom. The fourth-order valence-corrected chi connectivity index (χ4v) is 5.95. The van der Waals surface area contributed by atoms with Gasteiger partial charge in [-0.05, 0) is 61.7 Å². The molecule has 0 spiro atoms. The van der Waals surface area contributed by atoms with Crippen molar-refractivity contribution in [2.75, 3.05) is 26.2 Å². The lowest BCUT2D eigenvalue weighted by molar-refractivity contribution is -0.158. The van der Waals surface area contributed by atoms with Gasteiger partial charge in [-0.3, -0.25) is 4.90 Å². The van der Waals surface area contributed by atoms with E-state index in [4.69, 9.17) is 9.84 Å². The second kappa shape index (κ2) is 4.70. The molecule has 1 saturated heterocycles. The standard InChI is InChI=1S/C16H25NO3/c18-15(19)14-9-17(1-2-20-14)10-16-6-11-3-12(7-16)5-13(4-11)8-16/h11-14H,1-10H2,(H,18,19). The molecule has 20 heavy (non-hydrogen) atoms. The Bertz CT molecular complexity index is 373. The molecular weight excluding hydrogens is 254 g/mol. The summed E-state index contributed by atoms with van der Waals surface area (Å²) in [6.45, 7) is 3.18. The van der Waals surface area contributed by atoms with Crippen molar-refractivity contribution < 1.29 is 14.6 Å². The molecule has 0 aromatic heterocycles. The second-order valence-corrected chi connectivity index (χ2v) is 7.85. The van der Waals surface area contributed by atoms with Crippen molar-refractivity contribution in [1.82, 2.24) is 4.90 Å². The largest absolute Gasteiger partial charge is 0.479 e. The summed E-state index contributed by atoms with van der Waals surface area (Å²) in [6, 6.07) is 0. The molecular formula is C16H25NO3. The van der Waals surface area contributed by atoms with Crippen LogP contribution in [0.4, 0.5) is 0 Å². The zero-order valence-corrected chi connectivity index (χ0v) is 12.1. The number of rotatable bonds is 3. The van der Waals surface area contributed by atoms with Crippen molar-refractivity contribution in [2.45, 2.75) is 44.6 Å². The number of nitrogens with zero attached hydrogens (tertiary/aromatic N) is 1. The zero-order chi connectivity index (χ0) is 13.7.